The predicted molar refractivity (Wildman–Crippen MR) is 74.4 cm³/mol. The number of hydrogen-bond acceptors (Lipinski definition) is 0. The maximum Gasteiger partial charge on any atom is 0.0154 e. The van der Waals surface area contributed by atoms with E-state index in [-0.39, 0.29) is 0 Å². The number of halogens is 1. The van der Waals surface area contributed by atoms with Crippen molar-refractivity contribution in [2.45, 2.75) is 56.2 Å². The van der Waals surface area contributed by atoms with Crippen LogP contribution in [0.5, 0.6) is 0 Å². The molecule has 0 bridgehead atoms. The Bertz CT molecular complexity index is 358. The van der Waals surface area contributed by atoms with Gasteiger partial charge in [-0.1, -0.05) is 60.5 Å². The zero-order chi connectivity index (χ0) is 11.6. The molecule has 2 rings (SSSR count). The van der Waals surface area contributed by atoms with Gasteiger partial charge < -0.3 is 0 Å². The van der Waals surface area contributed by atoms with E-state index in [0.29, 0.717) is 10.2 Å². The van der Waals surface area contributed by atoms with E-state index < -0.39 is 0 Å². The van der Waals surface area contributed by atoms with Gasteiger partial charge in [-0.05, 0) is 42.2 Å². The fourth-order valence-electron chi connectivity index (χ4n) is 2.82. The molecule has 2 atom stereocenters. The second kappa shape index (κ2) is 4.91. The third-order valence-electron chi connectivity index (χ3n) is 3.84. The summed E-state index contributed by atoms with van der Waals surface area (Å²) in [6, 6.07) is 9.23. The van der Waals surface area contributed by atoms with E-state index >= 15 is 0 Å². The highest BCUT2D eigenvalue weighted by Gasteiger charge is 2.35. The van der Waals surface area contributed by atoms with Gasteiger partial charge in [0.05, 0.1) is 0 Å². The molecule has 1 fully saturated rings. The summed E-state index contributed by atoms with van der Waals surface area (Å²) < 4.78 is 0. The summed E-state index contributed by atoms with van der Waals surface area (Å²) in [7, 11) is 0. The van der Waals surface area contributed by atoms with Gasteiger partial charge in [-0.2, -0.15) is 0 Å². The number of benzene rings is 1. The van der Waals surface area contributed by atoms with Gasteiger partial charge in [-0.15, -0.1) is 0 Å². The van der Waals surface area contributed by atoms with Crippen molar-refractivity contribution in [2.24, 2.45) is 0 Å². The van der Waals surface area contributed by atoms with Crippen LogP contribution in [0.3, 0.4) is 0 Å². The molecule has 1 aromatic carbocycles. The first-order chi connectivity index (χ1) is 7.64. The molecule has 16 heavy (non-hydrogen) atoms. The first kappa shape index (κ1) is 12.2. The molecule has 88 valence electrons. The molecule has 0 spiro atoms. The van der Waals surface area contributed by atoms with Crippen LogP contribution in [-0.2, 0) is 11.8 Å². The SMILES string of the molecule is CCCc1cccc(C2(C)CCC(Br)C2)c1. The largest absolute Gasteiger partial charge is 0.0890 e. The second-order valence-corrected chi connectivity index (χ2v) is 6.65. The van der Waals surface area contributed by atoms with Gasteiger partial charge >= 0.3 is 0 Å². The summed E-state index contributed by atoms with van der Waals surface area (Å²) in [4.78, 5) is 0.715. The van der Waals surface area contributed by atoms with Crippen LogP contribution in [0.15, 0.2) is 24.3 Å². The molecule has 0 aliphatic heterocycles. The van der Waals surface area contributed by atoms with Crippen LogP contribution < -0.4 is 0 Å². The molecule has 0 saturated heterocycles. The third-order valence-corrected chi connectivity index (χ3v) is 4.63. The lowest BCUT2D eigenvalue weighted by Crippen LogP contribution is -2.18. The van der Waals surface area contributed by atoms with E-state index in [1.54, 1.807) is 5.56 Å². The Balaban J connectivity index is 2.22. The number of aryl methyl sites for hydroxylation is 1. The van der Waals surface area contributed by atoms with Crippen molar-refractivity contribution < 1.29 is 0 Å². The van der Waals surface area contributed by atoms with Crippen molar-refractivity contribution in [2.75, 3.05) is 0 Å². The van der Waals surface area contributed by atoms with Gasteiger partial charge in [0.2, 0.25) is 0 Å². The van der Waals surface area contributed by atoms with Crippen molar-refractivity contribution in [3.8, 4) is 0 Å². The maximum atomic E-state index is 3.76. The molecule has 1 saturated carbocycles. The summed E-state index contributed by atoms with van der Waals surface area (Å²) in [6.07, 6.45) is 6.36. The molecule has 0 amide bonds. The summed E-state index contributed by atoms with van der Waals surface area (Å²) in [5.41, 5.74) is 3.44. The van der Waals surface area contributed by atoms with Gasteiger partial charge in [0.15, 0.2) is 0 Å². The Kier molecular flexibility index (Phi) is 3.73. The lowest BCUT2D eigenvalue weighted by atomic mass is 9.80. The van der Waals surface area contributed by atoms with Crippen LogP contribution >= 0.6 is 15.9 Å². The molecule has 2 unspecified atom stereocenters. The molecule has 0 heterocycles. The van der Waals surface area contributed by atoms with E-state index in [2.05, 4.69) is 54.0 Å². The van der Waals surface area contributed by atoms with E-state index in [1.165, 1.54) is 37.7 Å². The topological polar surface area (TPSA) is 0 Å². The molecule has 1 heteroatoms. The van der Waals surface area contributed by atoms with Gasteiger partial charge in [0.1, 0.15) is 0 Å². The van der Waals surface area contributed by atoms with E-state index in [9.17, 15) is 0 Å². The highest BCUT2D eigenvalue weighted by molar-refractivity contribution is 9.09. The van der Waals surface area contributed by atoms with Crippen LogP contribution in [0, 0.1) is 0 Å². The van der Waals surface area contributed by atoms with Crippen LogP contribution in [0.1, 0.15) is 50.7 Å². The van der Waals surface area contributed by atoms with Gasteiger partial charge in [0, 0.05) is 4.83 Å². The standard InChI is InChI=1S/C15H21Br/c1-3-5-12-6-4-7-13(10-12)15(2)9-8-14(16)11-15/h4,6-7,10,14H,3,5,8-9,11H2,1-2H3. The van der Waals surface area contributed by atoms with Crippen LogP contribution in [0.25, 0.3) is 0 Å². The van der Waals surface area contributed by atoms with E-state index in [0.717, 1.165) is 0 Å². The zero-order valence-corrected chi connectivity index (χ0v) is 11.9. The normalized spacial score (nSPS) is 29.6. The Morgan fingerprint density at radius 1 is 1.44 bits per heavy atom. The van der Waals surface area contributed by atoms with E-state index in [1.807, 2.05) is 0 Å². The van der Waals surface area contributed by atoms with Crippen LogP contribution in [0.2, 0.25) is 0 Å². The zero-order valence-electron chi connectivity index (χ0n) is 10.3. The van der Waals surface area contributed by atoms with Crippen molar-refractivity contribution in [3.63, 3.8) is 0 Å². The summed E-state index contributed by atoms with van der Waals surface area (Å²) in [6.45, 7) is 4.66. The lowest BCUT2D eigenvalue weighted by Gasteiger charge is -2.25. The highest BCUT2D eigenvalue weighted by Crippen LogP contribution is 2.43. The van der Waals surface area contributed by atoms with E-state index in [4.69, 9.17) is 0 Å². The molecule has 1 aliphatic rings. The van der Waals surface area contributed by atoms with Gasteiger partial charge in [0.25, 0.3) is 0 Å². The fraction of sp³-hybridized carbons (Fsp3) is 0.600. The minimum Gasteiger partial charge on any atom is -0.0890 e. The first-order valence-electron chi connectivity index (χ1n) is 6.37. The number of rotatable bonds is 3. The first-order valence-corrected chi connectivity index (χ1v) is 7.29. The Hall–Kier alpha value is -0.300. The summed E-state index contributed by atoms with van der Waals surface area (Å²) >= 11 is 3.76. The van der Waals surface area contributed by atoms with Crippen LogP contribution in [0.4, 0.5) is 0 Å². The van der Waals surface area contributed by atoms with Gasteiger partial charge in [-0.3, -0.25) is 0 Å². The maximum absolute atomic E-state index is 3.76. The summed E-state index contributed by atoms with van der Waals surface area (Å²) in [5, 5.41) is 0. The average Bonchev–Trinajstić information content (AvgIpc) is 2.61. The average molecular weight is 281 g/mol. The van der Waals surface area contributed by atoms with Crippen molar-refractivity contribution >= 4 is 15.9 Å². The monoisotopic (exact) mass is 280 g/mol. The summed E-state index contributed by atoms with van der Waals surface area (Å²) in [5.74, 6) is 0. The Morgan fingerprint density at radius 3 is 2.88 bits per heavy atom. The third kappa shape index (κ3) is 2.51. The molecular weight excluding hydrogens is 260 g/mol. The molecular formula is C15H21Br. The molecule has 1 aromatic rings. The van der Waals surface area contributed by atoms with Crippen molar-refractivity contribution in [1.29, 1.82) is 0 Å². The van der Waals surface area contributed by atoms with Crippen molar-refractivity contribution in [1.82, 2.24) is 0 Å². The number of hydrogen-bond donors (Lipinski definition) is 0. The molecule has 0 aromatic heterocycles. The molecule has 0 nitrogen and oxygen atoms in total. The molecule has 0 N–H and O–H groups in total. The number of alkyl halides is 1. The van der Waals surface area contributed by atoms with Gasteiger partial charge in [-0.25, -0.2) is 0 Å². The highest BCUT2D eigenvalue weighted by atomic mass is 79.9. The predicted octanol–water partition coefficient (Wildman–Crippen LogP) is 4.84. The van der Waals surface area contributed by atoms with Crippen LogP contribution in [-0.4, -0.2) is 4.83 Å². The Morgan fingerprint density at radius 2 is 2.25 bits per heavy atom. The molecule has 0 radical (unpaired) electrons. The lowest BCUT2D eigenvalue weighted by molar-refractivity contribution is 0.492. The minimum absolute atomic E-state index is 0.401. The minimum atomic E-state index is 0.401. The molecule has 1 aliphatic carbocycles. The van der Waals surface area contributed by atoms with Crippen molar-refractivity contribution in [3.05, 3.63) is 35.4 Å². The smallest absolute Gasteiger partial charge is 0.0154 e. The quantitative estimate of drug-likeness (QED) is 0.695. The fourth-order valence-corrected chi connectivity index (χ4v) is 3.76. The Labute approximate surface area is 108 Å². The second-order valence-electron chi connectivity index (χ2n) is 5.35.